The molecule has 238 valence electrons. The fourth-order valence-electron chi connectivity index (χ4n) is 5.57. The number of carbonyl (C=O) groups is 2. The molecule has 3 heterocycles. The van der Waals surface area contributed by atoms with Gasteiger partial charge in [0.25, 0.3) is 5.91 Å². The Balaban J connectivity index is 1.59. The predicted molar refractivity (Wildman–Crippen MR) is 174 cm³/mol. The van der Waals surface area contributed by atoms with Crippen molar-refractivity contribution in [2.24, 2.45) is 0 Å². The molecule has 45 heavy (non-hydrogen) atoms. The Kier molecular flexibility index (Phi) is 9.65. The number of anilines is 1. The first-order valence-electron chi connectivity index (χ1n) is 15.3. The summed E-state index contributed by atoms with van der Waals surface area (Å²) in [5.74, 6) is -0.968. The van der Waals surface area contributed by atoms with Crippen molar-refractivity contribution in [3.63, 3.8) is 0 Å². The molecule has 3 N–H and O–H groups in total. The Morgan fingerprint density at radius 2 is 1.93 bits per heavy atom. The molecule has 0 bridgehead atoms. The summed E-state index contributed by atoms with van der Waals surface area (Å²) in [4.78, 5) is 30.9. The van der Waals surface area contributed by atoms with Gasteiger partial charge >= 0.3 is 5.97 Å². The summed E-state index contributed by atoms with van der Waals surface area (Å²) in [5.41, 5.74) is 4.16. The first-order chi connectivity index (χ1) is 21.5. The van der Waals surface area contributed by atoms with Crippen LogP contribution in [0.2, 0.25) is 5.02 Å². The third-order valence-electron chi connectivity index (χ3n) is 7.65. The van der Waals surface area contributed by atoms with Crippen LogP contribution in [0.1, 0.15) is 85.9 Å². The fourth-order valence-corrected chi connectivity index (χ4v) is 5.88. The van der Waals surface area contributed by atoms with E-state index in [1.807, 2.05) is 18.2 Å². The number of benzene rings is 2. The van der Waals surface area contributed by atoms with E-state index in [1.165, 1.54) is 10.1 Å². The first-order valence-corrected chi connectivity index (χ1v) is 15.7. The van der Waals surface area contributed by atoms with E-state index in [2.05, 4.69) is 33.7 Å². The lowest BCUT2D eigenvalue weighted by Gasteiger charge is -2.28. The van der Waals surface area contributed by atoms with E-state index in [-0.39, 0.29) is 11.6 Å². The molecular formula is C34H40ClN5O5. The van der Waals surface area contributed by atoms with E-state index < -0.39 is 17.7 Å². The van der Waals surface area contributed by atoms with Gasteiger partial charge < -0.3 is 25.2 Å². The SMILES string of the molecule is CCCCCc1ccccc1CNC(=O)c1cc2nc(C)c([C@H](OC(C)(C)C)C(=O)O)c(-c3ccc4c(c3Cl)NCCO4)n2n1. The third kappa shape index (κ3) is 7.07. The molecule has 0 unspecified atom stereocenters. The number of carboxylic acid groups (broad SMARTS) is 1. The molecule has 1 aliphatic heterocycles. The van der Waals surface area contributed by atoms with Crippen LogP contribution in [-0.4, -0.2) is 50.3 Å². The van der Waals surface area contributed by atoms with Crippen molar-refractivity contribution in [1.29, 1.82) is 0 Å². The largest absolute Gasteiger partial charge is 0.490 e. The number of rotatable bonds is 11. The minimum absolute atomic E-state index is 0.142. The van der Waals surface area contributed by atoms with Crippen LogP contribution in [0.25, 0.3) is 16.9 Å². The van der Waals surface area contributed by atoms with E-state index in [4.69, 9.17) is 21.1 Å². The summed E-state index contributed by atoms with van der Waals surface area (Å²) in [7, 11) is 0. The van der Waals surface area contributed by atoms with Crippen LogP contribution in [0, 0.1) is 6.92 Å². The minimum atomic E-state index is -1.39. The second-order valence-electron chi connectivity index (χ2n) is 12.2. The highest BCUT2D eigenvalue weighted by Gasteiger charge is 2.34. The number of hydrogen-bond donors (Lipinski definition) is 3. The van der Waals surface area contributed by atoms with Crippen LogP contribution in [0.5, 0.6) is 5.75 Å². The summed E-state index contributed by atoms with van der Waals surface area (Å²) < 4.78 is 13.3. The number of aryl methyl sites for hydroxylation is 2. The van der Waals surface area contributed by atoms with Crippen LogP contribution in [-0.2, 0) is 22.5 Å². The highest BCUT2D eigenvalue weighted by Crippen LogP contribution is 2.44. The van der Waals surface area contributed by atoms with Crippen molar-refractivity contribution in [3.05, 3.63) is 75.6 Å². The Labute approximate surface area is 268 Å². The number of carbonyl (C=O) groups excluding carboxylic acids is 1. The van der Waals surface area contributed by atoms with E-state index >= 15 is 0 Å². The topological polar surface area (TPSA) is 127 Å². The van der Waals surface area contributed by atoms with E-state index in [9.17, 15) is 14.7 Å². The molecule has 0 fully saturated rings. The van der Waals surface area contributed by atoms with Crippen molar-refractivity contribution in [1.82, 2.24) is 19.9 Å². The van der Waals surface area contributed by atoms with Gasteiger partial charge in [0.05, 0.1) is 22.0 Å². The zero-order valence-corrected chi connectivity index (χ0v) is 27.1. The summed E-state index contributed by atoms with van der Waals surface area (Å²) in [6.07, 6.45) is 2.94. The van der Waals surface area contributed by atoms with Crippen LogP contribution >= 0.6 is 11.6 Å². The van der Waals surface area contributed by atoms with Crippen molar-refractivity contribution in [2.45, 2.75) is 78.6 Å². The van der Waals surface area contributed by atoms with Gasteiger partial charge in [0, 0.05) is 36.0 Å². The van der Waals surface area contributed by atoms with Gasteiger partial charge in [0.2, 0.25) is 0 Å². The summed E-state index contributed by atoms with van der Waals surface area (Å²) >= 11 is 6.98. The quantitative estimate of drug-likeness (QED) is 0.155. The molecule has 0 radical (unpaired) electrons. The number of ether oxygens (including phenoxy) is 2. The second-order valence-corrected chi connectivity index (χ2v) is 12.6. The molecule has 0 saturated heterocycles. The lowest BCUT2D eigenvalue weighted by atomic mass is 9.98. The van der Waals surface area contributed by atoms with Gasteiger partial charge in [-0.2, -0.15) is 5.10 Å². The summed E-state index contributed by atoms with van der Waals surface area (Å²) in [6, 6.07) is 13.3. The number of carboxylic acids is 1. The average Bonchev–Trinajstić information content (AvgIpc) is 3.43. The molecule has 2 aromatic heterocycles. The second kappa shape index (κ2) is 13.5. The van der Waals surface area contributed by atoms with Crippen molar-refractivity contribution in [3.8, 4) is 17.0 Å². The van der Waals surface area contributed by atoms with Crippen LogP contribution in [0.4, 0.5) is 5.69 Å². The standard InChI is InChI=1S/C34H40ClN5O5/c1-6-7-8-11-21-12-9-10-13-22(21)19-37-32(41)24-18-26-38-20(2)27(31(33(42)43)45-34(3,4)5)30(40(26)39-24)23-14-15-25-29(28(23)35)36-16-17-44-25/h9-10,12-15,18,31,36H,6-8,11,16-17,19H2,1-5H3,(H,37,41)(H,42,43)/t31-/m0/s1. The number of aromatic nitrogens is 3. The number of halogens is 1. The molecule has 11 heteroatoms. The van der Waals surface area contributed by atoms with Gasteiger partial charge in [-0.1, -0.05) is 55.6 Å². The van der Waals surface area contributed by atoms with Gasteiger partial charge in [-0.05, 0) is 63.8 Å². The number of nitrogens with one attached hydrogen (secondary N) is 2. The minimum Gasteiger partial charge on any atom is -0.490 e. The zero-order valence-electron chi connectivity index (χ0n) is 26.4. The average molecular weight is 634 g/mol. The molecule has 0 saturated carbocycles. The lowest BCUT2D eigenvalue weighted by molar-refractivity contribution is -0.160. The third-order valence-corrected chi connectivity index (χ3v) is 8.04. The molecule has 1 amide bonds. The predicted octanol–water partition coefficient (Wildman–Crippen LogP) is 6.77. The summed E-state index contributed by atoms with van der Waals surface area (Å²) in [5, 5.41) is 21.6. The number of hydrogen-bond acceptors (Lipinski definition) is 7. The highest BCUT2D eigenvalue weighted by atomic mass is 35.5. The normalized spacial score (nSPS) is 13.6. The molecular weight excluding hydrogens is 594 g/mol. The van der Waals surface area contributed by atoms with E-state index in [0.717, 1.165) is 31.2 Å². The Morgan fingerprint density at radius 1 is 1.18 bits per heavy atom. The molecule has 1 atom stereocenters. The number of fused-ring (bicyclic) bond motifs is 2. The van der Waals surface area contributed by atoms with Gasteiger partial charge in [0.1, 0.15) is 12.4 Å². The van der Waals surface area contributed by atoms with E-state index in [1.54, 1.807) is 45.9 Å². The fraction of sp³-hybridized carbons (Fsp3) is 0.412. The van der Waals surface area contributed by atoms with E-state index in [0.29, 0.717) is 64.3 Å². The Hall–Kier alpha value is -4.15. The van der Waals surface area contributed by atoms with Gasteiger partial charge in [0.15, 0.2) is 17.4 Å². The zero-order chi connectivity index (χ0) is 32.3. The van der Waals surface area contributed by atoms with Crippen molar-refractivity contribution in [2.75, 3.05) is 18.5 Å². The number of unbranched alkanes of at least 4 members (excludes halogenated alkanes) is 2. The van der Waals surface area contributed by atoms with Crippen molar-refractivity contribution >= 4 is 34.8 Å². The van der Waals surface area contributed by atoms with Crippen LogP contribution in [0.3, 0.4) is 0 Å². The molecule has 5 rings (SSSR count). The maximum Gasteiger partial charge on any atom is 0.337 e. The molecule has 4 aromatic rings. The molecule has 0 aliphatic carbocycles. The number of aliphatic carboxylic acids is 1. The molecule has 2 aromatic carbocycles. The van der Waals surface area contributed by atoms with Crippen LogP contribution < -0.4 is 15.4 Å². The lowest BCUT2D eigenvalue weighted by Crippen LogP contribution is -2.29. The smallest absolute Gasteiger partial charge is 0.337 e. The van der Waals surface area contributed by atoms with Gasteiger partial charge in [-0.15, -0.1) is 0 Å². The highest BCUT2D eigenvalue weighted by molar-refractivity contribution is 6.36. The molecule has 0 spiro atoms. The van der Waals surface area contributed by atoms with Crippen molar-refractivity contribution < 1.29 is 24.2 Å². The Morgan fingerprint density at radius 3 is 2.64 bits per heavy atom. The monoisotopic (exact) mass is 633 g/mol. The van der Waals surface area contributed by atoms with Gasteiger partial charge in [-0.3, -0.25) is 4.79 Å². The molecule has 10 nitrogen and oxygen atoms in total. The summed E-state index contributed by atoms with van der Waals surface area (Å²) in [6.45, 7) is 10.7. The number of nitrogens with zero attached hydrogens (tertiary/aromatic N) is 3. The maximum absolute atomic E-state index is 13.5. The maximum atomic E-state index is 13.5. The molecule has 1 aliphatic rings. The number of amides is 1. The van der Waals surface area contributed by atoms with Gasteiger partial charge in [-0.25, -0.2) is 14.3 Å². The Bertz CT molecular complexity index is 1730. The first kappa shape index (κ1) is 32.2. The van der Waals surface area contributed by atoms with Crippen LogP contribution in [0.15, 0.2) is 42.5 Å².